The Morgan fingerprint density at radius 2 is 1.03 bits per heavy atom. The quantitative estimate of drug-likeness (QED) is 0.207. The molecule has 0 aromatic heterocycles. The van der Waals surface area contributed by atoms with Crippen LogP contribution in [0.4, 0.5) is 0 Å². The number of aryl methyl sites for hydroxylation is 2. The van der Waals surface area contributed by atoms with Gasteiger partial charge in [0.1, 0.15) is 0 Å². The average molecular weight is 450 g/mol. The summed E-state index contributed by atoms with van der Waals surface area (Å²) in [6.45, 7) is 0. The fourth-order valence-electron chi connectivity index (χ4n) is 3.54. The molecule has 0 radical (unpaired) electrons. The molecule has 0 aliphatic rings. The van der Waals surface area contributed by atoms with Gasteiger partial charge in [-0.25, -0.2) is 19.4 Å². The van der Waals surface area contributed by atoms with Gasteiger partial charge in [0.2, 0.25) is 0 Å². The molecule has 4 rings (SSSR count). The molecule has 0 heterocycles. The van der Waals surface area contributed by atoms with Crippen molar-refractivity contribution in [3.05, 3.63) is 143 Å². The summed E-state index contributed by atoms with van der Waals surface area (Å²) in [4.78, 5) is 46.6. The van der Waals surface area contributed by atoms with Gasteiger partial charge >= 0.3 is 11.9 Å². The van der Waals surface area contributed by atoms with Crippen molar-refractivity contribution in [2.45, 2.75) is 12.8 Å². The Bertz CT molecular complexity index is 1280. The van der Waals surface area contributed by atoms with Gasteiger partial charge in [0.05, 0.1) is 11.1 Å². The highest BCUT2D eigenvalue weighted by Crippen LogP contribution is 2.16. The molecule has 0 saturated heterocycles. The summed E-state index contributed by atoms with van der Waals surface area (Å²) in [6, 6.07) is 31.9. The average Bonchev–Trinajstić information content (AvgIpc) is 2.91. The highest BCUT2D eigenvalue weighted by atomic mass is 17.2. The van der Waals surface area contributed by atoms with Crippen LogP contribution in [0.3, 0.4) is 0 Å². The van der Waals surface area contributed by atoms with Crippen LogP contribution < -0.4 is 0 Å². The van der Waals surface area contributed by atoms with Crippen molar-refractivity contribution in [3.63, 3.8) is 0 Å². The summed E-state index contributed by atoms with van der Waals surface area (Å²) in [5.74, 6) is -1.49. The van der Waals surface area contributed by atoms with E-state index in [0.29, 0.717) is 29.5 Å². The fourth-order valence-corrected chi connectivity index (χ4v) is 3.54. The Hall–Kier alpha value is -4.51. The number of benzene rings is 4. The molecule has 0 saturated carbocycles. The monoisotopic (exact) mass is 450 g/mol. The van der Waals surface area contributed by atoms with Crippen LogP contribution in [0.1, 0.15) is 47.8 Å². The summed E-state index contributed by atoms with van der Waals surface area (Å²) in [5.41, 5.74) is 3.70. The SMILES string of the molecule is O=C(OOC(=O)c1ccccc1CCc1ccc(C(=O)c2ccccc2)cc1)c1ccccc1. The van der Waals surface area contributed by atoms with Crippen LogP contribution in [0.15, 0.2) is 109 Å². The first-order valence-electron chi connectivity index (χ1n) is 10.9. The number of carbonyl (C=O) groups is 3. The molecule has 0 N–H and O–H groups in total. The first-order valence-corrected chi connectivity index (χ1v) is 10.9. The standard InChI is InChI=1S/C29H22O5/c30-27(23-10-3-1-4-11-23)24-19-16-21(17-20-24)15-18-22-9-7-8-14-26(22)29(32)34-33-28(31)25-12-5-2-6-13-25/h1-14,16-17,19-20H,15,18H2. The second kappa shape index (κ2) is 10.9. The minimum absolute atomic E-state index is 0.0229. The summed E-state index contributed by atoms with van der Waals surface area (Å²) in [6.07, 6.45) is 1.23. The zero-order valence-corrected chi connectivity index (χ0v) is 18.3. The molecule has 0 atom stereocenters. The lowest BCUT2D eigenvalue weighted by Crippen LogP contribution is -2.13. The van der Waals surface area contributed by atoms with E-state index >= 15 is 0 Å². The van der Waals surface area contributed by atoms with E-state index in [1.54, 1.807) is 54.6 Å². The minimum Gasteiger partial charge on any atom is -0.289 e. The van der Waals surface area contributed by atoms with Crippen LogP contribution in [0.2, 0.25) is 0 Å². The Labute approximate surface area is 197 Å². The zero-order chi connectivity index (χ0) is 23.8. The molecule has 0 unspecified atom stereocenters. The molecule has 0 aliphatic heterocycles. The second-order valence-corrected chi connectivity index (χ2v) is 7.66. The number of carbonyl (C=O) groups excluding carboxylic acids is 3. The van der Waals surface area contributed by atoms with Crippen molar-refractivity contribution in [2.24, 2.45) is 0 Å². The third kappa shape index (κ3) is 5.64. The van der Waals surface area contributed by atoms with Crippen molar-refractivity contribution in [2.75, 3.05) is 0 Å². The highest BCUT2D eigenvalue weighted by Gasteiger charge is 2.17. The van der Waals surface area contributed by atoms with Crippen LogP contribution in [0.25, 0.3) is 0 Å². The molecule has 34 heavy (non-hydrogen) atoms. The molecule has 4 aromatic carbocycles. The molecule has 0 bridgehead atoms. The predicted molar refractivity (Wildman–Crippen MR) is 127 cm³/mol. The topological polar surface area (TPSA) is 69.7 Å². The highest BCUT2D eigenvalue weighted by molar-refractivity contribution is 6.08. The van der Waals surface area contributed by atoms with E-state index in [2.05, 4.69) is 0 Å². The molecule has 0 amide bonds. The molecular formula is C29H22O5. The van der Waals surface area contributed by atoms with Crippen LogP contribution in [-0.2, 0) is 22.6 Å². The predicted octanol–water partition coefficient (Wildman–Crippen LogP) is 5.63. The Balaban J connectivity index is 1.37. The Kier molecular flexibility index (Phi) is 7.25. The van der Waals surface area contributed by atoms with Gasteiger partial charge in [0.15, 0.2) is 5.78 Å². The maximum Gasteiger partial charge on any atom is 0.386 e. The molecule has 0 aliphatic carbocycles. The largest absolute Gasteiger partial charge is 0.386 e. The summed E-state index contributed by atoms with van der Waals surface area (Å²) < 4.78 is 0. The van der Waals surface area contributed by atoms with Gasteiger partial charge in [-0.05, 0) is 42.2 Å². The van der Waals surface area contributed by atoms with E-state index in [1.807, 2.05) is 54.6 Å². The molecule has 5 nitrogen and oxygen atoms in total. The molecule has 168 valence electrons. The van der Waals surface area contributed by atoms with Crippen molar-refractivity contribution in [3.8, 4) is 0 Å². The minimum atomic E-state index is -0.739. The number of rotatable bonds is 7. The van der Waals surface area contributed by atoms with Gasteiger partial charge in [-0.15, -0.1) is 0 Å². The van der Waals surface area contributed by atoms with E-state index in [9.17, 15) is 14.4 Å². The van der Waals surface area contributed by atoms with Gasteiger partial charge in [-0.3, -0.25) is 4.79 Å². The lowest BCUT2D eigenvalue weighted by molar-refractivity contribution is -0.187. The van der Waals surface area contributed by atoms with Crippen molar-refractivity contribution in [1.29, 1.82) is 0 Å². The van der Waals surface area contributed by atoms with Crippen molar-refractivity contribution < 1.29 is 24.2 Å². The molecular weight excluding hydrogens is 428 g/mol. The summed E-state index contributed by atoms with van der Waals surface area (Å²) >= 11 is 0. The van der Waals surface area contributed by atoms with Crippen molar-refractivity contribution >= 4 is 17.7 Å². The zero-order valence-electron chi connectivity index (χ0n) is 18.3. The fraction of sp³-hybridized carbons (Fsp3) is 0.0690. The third-order valence-electron chi connectivity index (χ3n) is 5.37. The Morgan fingerprint density at radius 3 is 1.71 bits per heavy atom. The third-order valence-corrected chi connectivity index (χ3v) is 5.37. The summed E-state index contributed by atoms with van der Waals surface area (Å²) in [5, 5.41) is 0. The maximum absolute atomic E-state index is 12.6. The summed E-state index contributed by atoms with van der Waals surface area (Å²) in [7, 11) is 0. The van der Waals surface area contributed by atoms with Crippen LogP contribution in [0.5, 0.6) is 0 Å². The van der Waals surface area contributed by atoms with E-state index in [4.69, 9.17) is 9.78 Å². The number of hydrogen-bond acceptors (Lipinski definition) is 5. The maximum atomic E-state index is 12.6. The van der Waals surface area contributed by atoms with Crippen molar-refractivity contribution in [1.82, 2.24) is 0 Å². The molecule has 0 fully saturated rings. The first kappa shape index (κ1) is 22.7. The smallest absolute Gasteiger partial charge is 0.289 e. The normalized spacial score (nSPS) is 10.4. The lowest BCUT2D eigenvalue weighted by Gasteiger charge is -2.09. The van der Waals surface area contributed by atoms with Crippen LogP contribution >= 0.6 is 0 Å². The van der Waals surface area contributed by atoms with Gasteiger partial charge in [0.25, 0.3) is 0 Å². The first-order chi connectivity index (χ1) is 16.6. The molecule has 0 spiro atoms. The Morgan fingerprint density at radius 1 is 0.500 bits per heavy atom. The number of ketones is 1. The van der Waals surface area contributed by atoms with Gasteiger partial charge < -0.3 is 0 Å². The number of hydrogen-bond donors (Lipinski definition) is 0. The van der Waals surface area contributed by atoms with E-state index in [-0.39, 0.29) is 11.3 Å². The second-order valence-electron chi connectivity index (χ2n) is 7.66. The van der Waals surface area contributed by atoms with E-state index < -0.39 is 11.9 Å². The molecule has 4 aromatic rings. The van der Waals surface area contributed by atoms with E-state index in [1.165, 1.54) is 0 Å². The van der Waals surface area contributed by atoms with Gasteiger partial charge in [0, 0.05) is 11.1 Å². The molecule has 5 heteroatoms. The van der Waals surface area contributed by atoms with Crippen LogP contribution in [-0.4, -0.2) is 17.7 Å². The van der Waals surface area contributed by atoms with Gasteiger partial charge in [-0.2, -0.15) is 0 Å². The van der Waals surface area contributed by atoms with Gasteiger partial charge in [-0.1, -0.05) is 91.0 Å². The van der Waals surface area contributed by atoms with Crippen LogP contribution in [0, 0.1) is 0 Å². The lowest BCUT2D eigenvalue weighted by atomic mass is 9.97. The van der Waals surface area contributed by atoms with E-state index in [0.717, 1.165) is 11.1 Å².